The van der Waals surface area contributed by atoms with Crippen molar-refractivity contribution in [1.29, 1.82) is 0 Å². The van der Waals surface area contributed by atoms with Crippen LogP contribution in [0.25, 0.3) is 10.4 Å². The zero-order valence-electron chi connectivity index (χ0n) is 22.8. The fraction of sp³-hybridized carbons (Fsp3) is 0.438. The molecular formula is C32H35N3O4S. The first-order valence-electron chi connectivity index (χ1n) is 14.3. The number of hydrogen-bond donors (Lipinski definition) is 1. The Hall–Kier alpha value is -3.36. The van der Waals surface area contributed by atoms with Gasteiger partial charge in [0.1, 0.15) is 6.04 Å². The Balaban J connectivity index is 1.17. The smallest absolute Gasteiger partial charge is 0.255 e. The zero-order chi connectivity index (χ0) is 27.8. The SMILES string of the molecule is Cc1ncsc1-c1ccc(CCC(=O)[C@@H]2C[C@@H](O)CN2C(=O)[C@H](C2CCCC2)N2Cc3ccccc3C2=O)cc1. The van der Waals surface area contributed by atoms with E-state index in [9.17, 15) is 19.5 Å². The lowest BCUT2D eigenvalue weighted by atomic mass is 9.94. The van der Waals surface area contributed by atoms with E-state index in [1.165, 1.54) is 0 Å². The number of thiazole rings is 1. The first kappa shape index (κ1) is 26.8. The number of Topliss-reactive ketones (excluding diaryl/α,β-unsaturated/α-hetero) is 1. The molecule has 3 heterocycles. The third kappa shape index (κ3) is 5.10. The maximum atomic E-state index is 14.2. The van der Waals surface area contributed by atoms with Crippen molar-refractivity contribution in [3.63, 3.8) is 0 Å². The molecule has 40 heavy (non-hydrogen) atoms. The molecule has 1 saturated heterocycles. The van der Waals surface area contributed by atoms with Crippen molar-refractivity contribution < 1.29 is 19.5 Å². The number of aryl methyl sites for hydroxylation is 2. The number of aliphatic hydroxyl groups excluding tert-OH is 1. The van der Waals surface area contributed by atoms with Crippen LogP contribution >= 0.6 is 11.3 Å². The Morgan fingerprint density at radius 1 is 1.10 bits per heavy atom. The molecule has 0 bridgehead atoms. The molecule has 208 valence electrons. The number of amides is 2. The maximum Gasteiger partial charge on any atom is 0.255 e. The quantitative estimate of drug-likeness (QED) is 0.430. The van der Waals surface area contributed by atoms with Crippen LogP contribution in [0, 0.1) is 12.8 Å². The molecule has 1 N–H and O–H groups in total. The number of likely N-dealkylation sites (tertiary alicyclic amines) is 1. The highest BCUT2D eigenvalue weighted by atomic mass is 32.1. The summed E-state index contributed by atoms with van der Waals surface area (Å²) in [5, 5.41) is 10.6. The van der Waals surface area contributed by atoms with Gasteiger partial charge in [-0.25, -0.2) is 4.98 Å². The molecule has 1 aliphatic carbocycles. The highest BCUT2D eigenvalue weighted by Crippen LogP contribution is 2.37. The van der Waals surface area contributed by atoms with Crippen LogP contribution in [-0.4, -0.2) is 62.2 Å². The lowest BCUT2D eigenvalue weighted by Gasteiger charge is -2.36. The molecule has 1 saturated carbocycles. The molecule has 3 aliphatic rings. The van der Waals surface area contributed by atoms with E-state index in [4.69, 9.17) is 0 Å². The second kappa shape index (κ2) is 11.3. The number of carbonyl (C=O) groups excluding carboxylic acids is 3. The molecule has 0 spiro atoms. The molecule has 2 aliphatic heterocycles. The van der Waals surface area contributed by atoms with E-state index in [1.54, 1.807) is 21.1 Å². The fourth-order valence-corrected chi connectivity index (χ4v) is 7.54. The van der Waals surface area contributed by atoms with Gasteiger partial charge in [-0.3, -0.25) is 14.4 Å². The van der Waals surface area contributed by atoms with E-state index in [-0.39, 0.29) is 36.5 Å². The predicted octanol–water partition coefficient (Wildman–Crippen LogP) is 4.80. The van der Waals surface area contributed by atoms with Crippen LogP contribution in [0.4, 0.5) is 0 Å². The van der Waals surface area contributed by atoms with Gasteiger partial charge in [0.25, 0.3) is 5.91 Å². The highest BCUT2D eigenvalue weighted by molar-refractivity contribution is 7.13. The normalized spacial score (nSPS) is 21.7. The van der Waals surface area contributed by atoms with E-state index in [2.05, 4.69) is 17.1 Å². The molecule has 2 fully saturated rings. The van der Waals surface area contributed by atoms with E-state index in [0.717, 1.165) is 52.9 Å². The van der Waals surface area contributed by atoms with Gasteiger partial charge < -0.3 is 14.9 Å². The number of rotatable bonds is 8. The van der Waals surface area contributed by atoms with Gasteiger partial charge in [-0.05, 0) is 54.9 Å². The van der Waals surface area contributed by atoms with Crippen LogP contribution < -0.4 is 0 Å². The molecule has 2 aromatic carbocycles. The molecule has 0 radical (unpaired) electrons. The number of ketones is 1. The molecule has 7 nitrogen and oxygen atoms in total. The lowest BCUT2D eigenvalue weighted by molar-refractivity contribution is -0.143. The minimum Gasteiger partial charge on any atom is -0.391 e. The second-order valence-electron chi connectivity index (χ2n) is 11.4. The van der Waals surface area contributed by atoms with E-state index < -0.39 is 18.2 Å². The van der Waals surface area contributed by atoms with Gasteiger partial charge in [0, 0.05) is 31.5 Å². The Labute approximate surface area is 238 Å². The number of nitrogens with zero attached hydrogens (tertiary/aromatic N) is 3. The molecule has 8 heteroatoms. The van der Waals surface area contributed by atoms with Crippen LogP contribution in [0.1, 0.15) is 65.7 Å². The standard InChI is InChI=1S/C32H35N3O4S/c1-20-30(40-19-33-20)23-13-10-21(11-14-23)12-15-28(37)27-16-25(36)18-34(27)32(39)29(22-6-2-3-7-22)35-17-24-8-4-5-9-26(24)31(35)38/h4-5,8-11,13-14,19,22,25,27,29,36H,2-3,6-7,12,15-18H2,1H3/t25-,27+,29+/m1/s1. The monoisotopic (exact) mass is 557 g/mol. The Kier molecular flexibility index (Phi) is 7.55. The number of hydrogen-bond acceptors (Lipinski definition) is 6. The largest absolute Gasteiger partial charge is 0.391 e. The molecule has 3 aromatic rings. The number of β-amino-alcohol motifs (C(OH)–C–C–N with tert-alkyl or cyclic N) is 1. The Morgan fingerprint density at radius 3 is 2.55 bits per heavy atom. The molecule has 2 amide bonds. The first-order valence-corrected chi connectivity index (χ1v) is 15.2. The minimum absolute atomic E-state index is 0.0338. The van der Waals surface area contributed by atoms with Gasteiger partial charge in [-0.15, -0.1) is 11.3 Å². The lowest BCUT2D eigenvalue weighted by Crippen LogP contribution is -2.54. The number of benzene rings is 2. The van der Waals surface area contributed by atoms with Crippen LogP contribution in [0.2, 0.25) is 0 Å². The summed E-state index contributed by atoms with van der Waals surface area (Å²) in [4.78, 5) is 49.9. The fourth-order valence-electron chi connectivity index (χ4n) is 6.73. The average molecular weight is 558 g/mol. The number of carbonyl (C=O) groups is 3. The first-order chi connectivity index (χ1) is 19.4. The van der Waals surface area contributed by atoms with E-state index in [0.29, 0.717) is 24.9 Å². The summed E-state index contributed by atoms with van der Waals surface area (Å²) in [7, 11) is 0. The molecule has 6 rings (SSSR count). The van der Waals surface area contributed by atoms with Crippen molar-refractivity contribution in [2.75, 3.05) is 6.54 Å². The van der Waals surface area contributed by atoms with Crippen LogP contribution in [0.3, 0.4) is 0 Å². The summed E-state index contributed by atoms with van der Waals surface area (Å²) in [6, 6.07) is 14.5. The molecule has 1 aromatic heterocycles. The van der Waals surface area contributed by atoms with Gasteiger partial charge in [0.15, 0.2) is 5.78 Å². The summed E-state index contributed by atoms with van der Waals surface area (Å²) in [5.74, 6) is -0.263. The number of fused-ring (bicyclic) bond motifs is 1. The van der Waals surface area contributed by atoms with Gasteiger partial charge in [0.2, 0.25) is 5.91 Å². The van der Waals surface area contributed by atoms with Crippen LogP contribution in [0.5, 0.6) is 0 Å². The van der Waals surface area contributed by atoms with Gasteiger partial charge >= 0.3 is 0 Å². The third-order valence-corrected chi connectivity index (χ3v) is 9.82. The number of aromatic nitrogens is 1. The third-order valence-electron chi connectivity index (χ3n) is 8.84. The summed E-state index contributed by atoms with van der Waals surface area (Å²) in [6.45, 7) is 2.54. The van der Waals surface area contributed by atoms with Crippen molar-refractivity contribution in [3.8, 4) is 10.4 Å². The van der Waals surface area contributed by atoms with Crippen molar-refractivity contribution in [2.24, 2.45) is 5.92 Å². The van der Waals surface area contributed by atoms with E-state index >= 15 is 0 Å². The van der Waals surface area contributed by atoms with Crippen LogP contribution in [-0.2, 0) is 22.6 Å². The molecule has 3 atom stereocenters. The molecule has 0 unspecified atom stereocenters. The van der Waals surface area contributed by atoms with Crippen molar-refractivity contribution in [2.45, 2.75) is 76.6 Å². The summed E-state index contributed by atoms with van der Waals surface area (Å²) in [5.41, 5.74) is 6.61. The van der Waals surface area contributed by atoms with E-state index in [1.807, 2.05) is 48.8 Å². The molecular weight excluding hydrogens is 522 g/mol. The average Bonchev–Trinajstić information content (AvgIpc) is 3.77. The van der Waals surface area contributed by atoms with Crippen molar-refractivity contribution >= 4 is 28.9 Å². The minimum atomic E-state index is -0.740. The summed E-state index contributed by atoms with van der Waals surface area (Å²) < 4.78 is 0. The van der Waals surface area contributed by atoms with Crippen molar-refractivity contribution in [1.82, 2.24) is 14.8 Å². The van der Waals surface area contributed by atoms with Crippen LogP contribution in [0.15, 0.2) is 54.0 Å². The number of aliphatic hydroxyl groups is 1. The van der Waals surface area contributed by atoms with Gasteiger partial charge in [-0.1, -0.05) is 55.3 Å². The highest BCUT2D eigenvalue weighted by Gasteiger charge is 2.47. The van der Waals surface area contributed by atoms with Gasteiger partial charge in [-0.2, -0.15) is 0 Å². The summed E-state index contributed by atoms with van der Waals surface area (Å²) >= 11 is 1.61. The zero-order valence-corrected chi connectivity index (χ0v) is 23.6. The second-order valence-corrected chi connectivity index (χ2v) is 12.3. The Bertz CT molecular complexity index is 1410. The summed E-state index contributed by atoms with van der Waals surface area (Å²) in [6.07, 6.45) is 4.23. The van der Waals surface area contributed by atoms with Gasteiger partial charge in [0.05, 0.1) is 28.2 Å². The van der Waals surface area contributed by atoms with Crippen molar-refractivity contribution in [3.05, 3.63) is 76.4 Å². The topological polar surface area (TPSA) is 90.8 Å². The predicted molar refractivity (Wildman–Crippen MR) is 154 cm³/mol. The maximum absolute atomic E-state index is 14.2. The Morgan fingerprint density at radius 2 is 1.85 bits per heavy atom.